The van der Waals surface area contributed by atoms with Crippen molar-refractivity contribution in [2.75, 3.05) is 6.61 Å². The van der Waals surface area contributed by atoms with E-state index >= 15 is 0 Å². The zero-order valence-electron chi connectivity index (χ0n) is 7.93. The van der Waals surface area contributed by atoms with Gasteiger partial charge in [0.25, 0.3) is 0 Å². The lowest BCUT2D eigenvalue weighted by molar-refractivity contribution is -0.139. The SMILES string of the molecule is C/C=C/c1ccc(OCC(=O)O)cc1. The number of carbonyl (C=O) groups is 1. The zero-order chi connectivity index (χ0) is 10.4. The van der Waals surface area contributed by atoms with Gasteiger partial charge in [0.1, 0.15) is 5.75 Å². The lowest BCUT2D eigenvalue weighted by Crippen LogP contribution is -2.09. The molecule has 1 rings (SSSR count). The Balaban J connectivity index is 2.59. The monoisotopic (exact) mass is 192 g/mol. The van der Waals surface area contributed by atoms with Gasteiger partial charge in [-0.3, -0.25) is 0 Å². The van der Waals surface area contributed by atoms with Crippen molar-refractivity contribution >= 4 is 12.0 Å². The number of rotatable bonds is 4. The van der Waals surface area contributed by atoms with E-state index in [1.54, 1.807) is 12.1 Å². The van der Waals surface area contributed by atoms with E-state index in [2.05, 4.69) is 0 Å². The number of carboxylic acids is 1. The van der Waals surface area contributed by atoms with E-state index in [0.717, 1.165) is 5.56 Å². The van der Waals surface area contributed by atoms with Crippen LogP contribution in [0.25, 0.3) is 6.08 Å². The third-order valence-electron chi connectivity index (χ3n) is 1.60. The number of carboxylic acid groups (broad SMARTS) is 1. The van der Waals surface area contributed by atoms with E-state index in [4.69, 9.17) is 9.84 Å². The summed E-state index contributed by atoms with van der Waals surface area (Å²) in [5.41, 5.74) is 1.06. The third-order valence-corrected chi connectivity index (χ3v) is 1.60. The van der Waals surface area contributed by atoms with Gasteiger partial charge in [0.2, 0.25) is 0 Å². The van der Waals surface area contributed by atoms with E-state index < -0.39 is 5.97 Å². The zero-order valence-corrected chi connectivity index (χ0v) is 7.93. The molecule has 0 atom stereocenters. The van der Waals surface area contributed by atoms with Crippen LogP contribution < -0.4 is 4.74 Å². The van der Waals surface area contributed by atoms with Crippen LogP contribution in [-0.2, 0) is 4.79 Å². The first-order valence-electron chi connectivity index (χ1n) is 4.29. The molecule has 1 N–H and O–H groups in total. The van der Waals surface area contributed by atoms with Gasteiger partial charge in [0, 0.05) is 0 Å². The minimum absolute atomic E-state index is 0.303. The Labute approximate surface area is 82.6 Å². The molecule has 0 spiro atoms. The summed E-state index contributed by atoms with van der Waals surface area (Å²) in [4.78, 5) is 10.2. The highest BCUT2D eigenvalue weighted by Gasteiger charge is 1.97. The molecule has 3 heteroatoms. The van der Waals surface area contributed by atoms with Crippen LogP contribution in [0.5, 0.6) is 5.75 Å². The smallest absolute Gasteiger partial charge is 0.341 e. The Morgan fingerprint density at radius 2 is 2.07 bits per heavy atom. The number of benzene rings is 1. The number of ether oxygens (including phenoxy) is 1. The second kappa shape index (κ2) is 5.07. The van der Waals surface area contributed by atoms with Crippen LogP contribution in [0.4, 0.5) is 0 Å². The first kappa shape index (κ1) is 10.3. The molecule has 14 heavy (non-hydrogen) atoms. The predicted molar refractivity (Wildman–Crippen MR) is 54.3 cm³/mol. The van der Waals surface area contributed by atoms with Gasteiger partial charge in [-0.1, -0.05) is 24.3 Å². The average Bonchev–Trinajstić information content (AvgIpc) is 2.17. The molecular formula is C11H12O3. The van der Waals surface area contributed by atoms with Crippen molar-refractivity contribution in [2.45, 2.75) is 6.92 Å². The van der Waals surface area contributed by atoms with Crippen molar-refractivity contribution in [1.29, 1.82) is 0 Å². The first-order chi connectivity index (χ1) is 6.72. The molecule has 3 nitrogen and oxygen atoms in total. The predicted octanol–water partition coefficient (Wildman–Crippen LogP) is 2.18. The number of allylic oxidation sites excluding steroid dienone is 1. The quantitative estimate of drug-likeness (QED) is 0.795. The van der Waals surface area contributed by atoms with E-state index in [1.165, 1.54) is 0 Å². The van der Waals surface area contributed by atoms with Gasteiger partial charge < -0.3 is 9.84 Å². The van der Waals surface area contributed by atoms with Crippen LogP contribution in [0.3, 0.4) is 0 Å². The van der Waals surface area contributed by atoms with Gasteiger partial charge in [-0.15, -0.1) is 0 Å². The molecule has 0 aromatic heterocycles. The third kappa shape index (κ3) is 3.31. The second-order valence-corrected chi connectivity index (χ2v) is 2.75. The van der Waals surface area contributed by atoms with E-state index in [9.17, 15) is 4.79 Å². The molecule has 0 aliphatic rings. The lowest BCUT2D eigenvalue weighted by Gasteiger charge is -2.02. The molecule has 74 valence electrons. The lowest BCUT2D eigenvalue weighted by atomic mass is 10.2. The van der Waals surface area contributed by atoms with Crippen molar-refractivity contribution in [3.05, 3.63) is 35.9 Å². The molecule has 0 aliphatic heterocycles. The van der Waals surface area contributed by atoms with Gasteiger partial charge in [0.15, 0.2) is 6.61 Å². The van der Waals surface area contributed by atoms with Crippen LogP contribution in [0.2, 0.25) is 0 Å². The average molecular weight is 192 g/mol. The maximum Gasteiger partial charge on any atom is 0.341 e. The summed E-state index contributed by atoms with van der Waals surface area (Å²) in [5, 5.41) is 8.38. The summed E-state index contributed by atoms with van der Waals surface area (Å²) in [6.07, 6.45) is 3.90. The first-order valence-corrected chi connectivity index (χ1v) is 4.29. The van der Waals surface area contributed by atoms with Crippen LogP contribution in [0, 0.1) is 0 Å². The van der Waals surface area contributed by atoms with Crippen LogP contribution in [0.15, 0.2) is 30.3 Å². The van der Waals surface area contributed by atoms with Crippen molar-refractivity contribution in [3.63, 3.8) is 0 Å². The van der Waals surface area contributed by atoms with Gasteiger partial charge in [-0.2, -0.15) is 0 Å². The maximum atomic E-state index is 10.2. The molecule has 0 fully saturated rings. The number of hydrogen-bond donors (Lipinski definition) is 1. The number of hydrogen-bond acceptors (Lipinski definition) is 2. The maximum absolute atomic E-state index is 10.2. The van der Waals surface area contributed by atoms with Gasteiger partial charge >= 0.3 is 5.97 Å². The second-order valence-electron chi connectivity index (χ2n) is 2.75. The molecule has 0 saturated heterocycles. The Morgan fingerprint density at radius 1 is 1.43 bits per heavy atom. The van der Waals surface area contributed by atoms with Crippen LogP contribution >= 0.6 is 0 Å². The summed E-state index contributed by atoms with van der Waals surface area (Å²) < 4.78 is 4.98. The summed E-state index contributed by atoms with van der Waals surface area (Å²) in [7, 11) is 0. The molecule has 0 radical (unpaired) electrons. The van der Waals surface area contributed by atoms with Crippen molar-refractivity contribution in [1.82, 2.24) is 0 Å². The fourth-order valence-corrected chi connectivity index (χ4v) is 1.01. The molecule has 0 amide bonds. The van der Waals surface area contributed by atoms with Gasteiger partial charge in [0.05, 0.1) is 0 Å². The minimum atomic E-state index is -0.970. The normalized spacial score (nSPS) is 10.4. The fourth-order valence-electron chi connectivity index (χ4n) is 1.01. The Kier molecular flexibility index (Phi) is 3.73. The van der Waals surface area contributed by atoms with Crippen molar-refractivity contribution in [3.8, 4) is 5.75 Å². The minimum Gasteiger partial charge on any atom is -0.482 e. The molecule has 0 bridgehead atoms. The fraction of sp³-hybridized carbons (Fsp3) is 0.182. The summed E-state index contributed by atoms with van der Waals surface area (Å²) >= 11 is 0. The molecule has 0 unspecified atom stereocenters. The molecule has 0 heterocycles. The Bertz CT molecular complexity index is 325. The highest BCUT2D eigenvalue weighted by molar-refractivity contribution is 5.68. The van der Waals surface area contributed by atoms with Gasteiger partial charge in [-0.25, -0.2) is 4.79 Å². The van der Waals surface area contributed by atoms with Crippen LogP contribution in [-0.4, -0.2) is 17.7 Å². The van der Waals surface area contributed by atoms with Crippen molar-refractivity contribution < 1.29 is 14.6 Å². The van der Waals surface area contributed by atoms with E-state index in [1.807, 2.05) is 31.2 Å². The summed E-state index contributed by atoms with van der Waals surface area (Å²) in [6, 6.07) is 7.24. The van der Waals surface area contributed by atoms with Gasteiger partial charge in [-0.05, 0) is 24.6 Å². The highest BCUT2D eigenvalue weighted by Crippen LogP contribution is 2.12. The Morgan fingerprint density at radius 3 is 2.57 bits per heavy atom. The summed E-state index contributed by atoms with van der Waals surface area (Å²) in [6.45, 7) is 1.64. The topological polar surface area (TPSA) is 46.5 Å². The highest BCUT2D eigenvalue weighted by atomic mass is 16.5. The number of aliphatic carboxylic acids is 1. The van der Waals surface area contributed by atoms with E-state index in [-0.39, 0.29) is 6.61 Å². The molecular weight excluding hydrogens is 180 g/mol. The molecule has 0 aliphatic carbocycles. The van der Waals surface area contributed by atoms with Crippen molar-refractivity contribution in [2.24, 2.45) is 0 Å². The van der Waals surface area contributed by atoms with Crippen LogP contribution in [0.1, 0.15) is 12.5 Å². The molecule has 1 aromatic carbocycles. The summed E-state index contributed by atoms with van der Waals surface area (Å²) in [5.74, 6) is -0.400. The Hall–Kier alpha value is -1.77. The molecule has 0 saturated carbocycles. The standard InChI is InChI=1S/C11H12O3/c1-2-3-9-4-6-10(7-5-9)14-8-11(12)13/h2-7H,8H2,1H3,(H,12,13)/b3-2+. The van der Waals surface area contributed by atoms with E-state index in [0.29, 0.717) is 5.75 Å². The molecule has 1 aromatic rings. The largest absolute Gasteiger partial charge is 0.482 e.